The van der Waals surface area contributed by atoms with Gasteiger partial charge in [0.1, 0.15) is 11.6 Å². The molecule has 1 N–H and O–H groups in total. The van der Waals surface area contributed by atoms with Crippen LogP contribution in [0.1, 0.15) is 37.1 Å². The van der Waals surface area contributed by atoms with Crippen LogP contribution in [-0.4, -0.2) is 23.3 Å². The molecular formula is C10H17N3OS. The lowest BCUT2D eigenvalue weighted by Crippen LogP contribution is -2.16. The van der Waals surface area contributed by atoms with E-state index >= 15 is 0 Å². The number of anilines is 1. The standard InChI is InChI=1S/C10H17N3OS/c1-11-10-13-12-9(15-10)7-14-8-5-3-2-4-6-8/h8H,2-7H2,1H3,(H,11,13). The summed E-state index contributed by atoms with van der Waals surface area (Å²) in [5.74, 6) is 0. The number of ether oxygens (including phenoxy) is 1. The SMILES string of the molecule is CNc1nnc(COC2CCCCC2)s1. The molecule has 0 bridgehead atoms. The first-order valence-electron chi connectivity index (χ1n) is 5.50. The summed E-state index contributed by atoms with van der Waals surface area (Å²) in [6.07, 6.45) is 6.84. The third-order valence-electron chi connectivity index (χ3n) is 2.68. The lowest BCUT2D eigenvalue weighted by atomic mass is 9.98. The van der Waals surface area contributed by atoms with Gasteiger partial charge in [0.05, 0.1) is 6.10 Å². The monoisotopic (exact) mass is 227 g/mol. The zero-order valence-corrected chi connectivity index (χ0v) is 9.85. The van der Waals surface area contributed by atoms with E-state index in [1.807, 2.05) is 7.05 Å². The van der Waals surface area contributed by atoms with Crippen molar-refractivity contribution in [1.29, 1.82) is 0 Å². The van der Waals surface area contributed by atoms with Crippen molar-refractivity contribution < 1.29 is 4.74 Å². The van der Waals surface area contributed by atoms with Crippen LogP contribution in [0.15, 0.2) is 0 Å². The zero-order valence-electron chi connectivity index (χ0n) is 9.03. The largest absolute Gasteiger partial charge is 0.371 e. The van der Waals surface area contributed by atoms with E-state index in [2.05, 4.69) is 15.5 Å². The number of rotatable bonds is 4. The van der Waals surface area contributed by atoms with E-state index in [0.717, 1.165) is 10.1 Å². The van der Waals surface area contributed by atoms with E-state index in [0.29, 0.717) is 12.7 Å². The molecule has 4 nitrogen and oxygen atoms in total. The topological polar surface area (TPSA) is 47.0 Å². The number of hydrogen-bond donors (Lipinski definition) is 1. The smallest absolute Gasteiger partial charge is 0.205 e. The molecular weight excluding hydrogens is 210 g/mol. The minimum absolute atomic E-state index is 0.445. The third-order valence-corrected chi connectivity index (χ3v) is 3.59. The van der Waals surface area contributed by atoms with Crippen LogP contribution in [0.5, 0.6) is 0 Å². The zero-order chi connectivity index (χ0) is 10.5. The highest BCUT2D eigenvalue weighted by atomic mass is 32.1. The normalized spacial score (nSPS) is 17.9. The Hall–Kier alpha value is -0.680. The van der Waals surface area contributed by atoms with Crippen LogP contribution in [0.3, 0.4) is 0 Å². The van der Waals surface area contributed by atoms with Crippen LogP contribution in [0.4, 0.5) is 5.13 Å². The van der Waals surface area contributed by atoms with Gasteiger partial charge in [-0.1, -0.05) is 30.6 Å². The average molecular weight is 227 g/mol. The van der Waals surface area contributed by atoms with E-state index in [1.165, 1.54) is 32.1 Å². The molecule has 84 valence electrons. The summed E-state index contributed by atoms with van der Waals surface area (Å²) < 4.78 is 5.81. The van der Waals surface area contributed by atoms with E-state index in [1.54, 1.807) is 11.3 Å². The highest BCUT2D eigenvalue weighted by Crippen LogP contribution is 2.22. The Labute approximate surface area is 94.1 Å². The lowest BCUT2D eigenvalue weighted by molar-refractivity contribution is 0.0165. The summed E-state index contributed by atoms with van der Waals surface area (Å²) in [5.41, 5.74) is 0. The molecule has 1 aromatic heterocycles. The summed E-state index contributed by atoms with van der Waals surface area (Å²) in [7, 11) is 1.85. The summed E-state index contributed by atoms with van der Waals surface area (Å²) in [4.78, 5) is 0. The molecule has 1 saturated carbocycles. The summed E-state index contributed by atoms with van der Waals surface area (Å²) in [6, 6.07) is 0. The van der Waals surface area contributed by atoms with Crippen molar-refractivity contribution in [2.45, 2.75) is 44.8 Å². The first-order valence-corrected chi connectivity index (χ1v) is 6.32. The van der Waals surface area contributed by atoms with Gasteiger partial charge in [-0.2, -0.15) is 0 Å². The van der Waals surface area contributed by atoms with Crippen LogP contribution >= 0.6 is 11.3 Å². The molecule has 0 aliphatic heterocycles. The van der Waals surface area contributed by atoms with Gasteiger partial charge >= 0.3 is 0 Å². The van der Waals surface area contributed by atoms with E-state index in [4.69, 9.17) is 4.74 Å². The molecule has 1 aliphatic rings. The van der Waals surface area contributed by atoms with Crippen molar-refractivity contribution in [2.24, 2.45) is 0 Å². The molecule has 0 saturated heterocycles. The second-order valence-electron chi connectivity index (χ2n) is 3.82. The quantitative estimate of drug-likeness (QED) is 0.858. The van der Waals surface area contributed by atoms with Crippen LogP contribution in [0.2, 0.25) is 0 Å². The van der Waals surface area contributed by atoms with Crippen LogP contribution in [-0.2, 0) is 11.3 Å². The van der Waals surface area contributed by atoms with E-state index in [-0.39, 0.29) is 0 Å². The van der Waals surface area contributed by atoms with Crippen LogP contribution < -0.4 is 5.32 Å². The number of nitrogens with one attached hydrogen (secondary N) is 1. The van der Waals surface area contributed by atoms with Gasteiger partial charge in [0.2, 0.25) is 5.13 Å². The molecule has 1 heterocycles. The fourth-order valence-corrected chi connectivity index (χ4v) is 2.45. The predicted molar refractivity (Wildman–Crippen MR) is 61.1 cm³/mol. The van der Waals surface area contributed by atoms with Gasteiger partial charge in [0.25, 0.3) is 0 Å². The molecule has 0 unspecified atom stereocenters. The summed E-state index contributed by atoms with van der Waals surface area (Å²) in [6.45, 7) is 0.615. The fourth-order valence-electron chi connectivity index (χ4n) is 1.83. The molecule has 0 radical (unpaired) electrons. The molecule has 1 fully saturated rings. The Morgan fingerprint density at radius 2 is 2.13 bits per heavy atom. The first-order chi connectivity index (χ1) is 7.38. The van der Waals surface area contributed by atoms with E-state index < -0.39 is 0 Å². The molecule has 1 aromatic rings. The Bertz CT molecular complexity index is 297. The van der Waals surface area contributed by atoms with Gasteiger partial charge in [0.15, 0.2) is 0 Å². The minimum Gasteiger partial charge on any atom is -0.371 e. The Morgan fingerprint density at radius 3 is 2.80 bits per heavy atom. The predicted octanol–water partition coefficient (Wildman–Crippen LogP) is 2.43. The molecule has 0 spiro atoms. The number of aromatic nitrogens is 2. The second kappa shape index (κ2) is 5.42. The van der Waals surface area contributed by atoms with Crippen molar-refractivity contribution in [3.05, 3.63) is 5.01 Å². The van der Waals surface area contributed by atoms with Crippen LogP contribution in [0.25, 0.3) is 0 Å². The highest BCUT2D eigenvalue weighted by Gasteiger charge is 2.14. The fraction of sp³-hybridized carbons (Fsp3) is 0.800. The van der Waals surface area contributed by atoms with Gasteiger partial charge in [0, 0.05) is 7.05 Å². The molecule has 2 rings (SSSR count). The van der Waals surface area contributed by atoms with Crippen molar-refractivity contribution in [3.63, 3.8) is 0 Å². The second-order valence-corrected chi connectivity index (χ2v) is 4.88. The Kier molecular flexibility index (Phi) is 3.91. The van der Waals surface area contributed by atoms with Gasteiger partial charge < -0.3 is 10.1 Å². The van der Waals surface area contributed by atoms with Crippen molar-refractivity contribution >= 4 is 16.5 Å². The summed E-state index contributed by atoms with van der Waals surface area (Å²) >= 11 is 1.56. The molecule has 0 atom stereocenters. The van der Waals surface area contributed by atoms with Crippen molar-refractivity contribution in [1.82, 2.24) is 10.2 Å². The molecule has 0 aromatic carbocycles. The third kappa shape index (κ3) is 3.14. The van der Waals surface area contributed by atoms with Gasteiger partial charge in [-0.15, -0.1) is 10.2 Å². The van der Waals surface area contributed by atoms with Crippen molar-refractivity contribution in [3.8, 4) is 0 Å². The highest BCUT2D eigenvalue weighted by molar-refractivity contribution is 7.15. The number of nitrogens with zero attached hydrogens (tertiary/aromatic N) is 2. The summed E-state index contributed by atoms with van der Waals surface area (Å²) in [5, 5.41) is 12.8. The van der Waals surface area contributed by atoms with E-state index in [9.17, 15) is 0 Å². The maximum atomic E-state index is 5.81. The van der Waals surface area contributed by atoms with Gasteiger partial charge in [-0.3, -0.25) is 0 Å². The van der Waals surface area contributed by atoms with Crippen LogP contribution in [0, 0.1) is 0 Å². The van der Waals surface area contributed by atoms with Gasteiger partial charge in [-0.25, -0.2) is 0 Å². The Morgan fingerprint density at radius 1 is 1.33 bits per heavy atom. The maximum absolute atomic E-state index is 5.81. The molecule has 5 heteroatoms. The van der Waals surface area contributed by atoms with Crippen molar-refractivity contribution in [2.75, 3.05) is 12.4 Å². The molecule has 15 heavy (non-hydrogen) atoms. The minimum atomic E-state index is 0.445. The lowest BCUT2D eigenvalue weighted by Gasteiger charge is -2.21. The Balaban J connectivity index is 1.76. The first kappa shape index (κ1) is 10.8. The maximum Gasteiger partial charge on any atom is 0.205 e. The number of hydrogen-bond acceptors (Lipinski definition) is 5. The van der Waals surface area contributed by atoms with Gasteiger partial charge in [-0.05, 0) is 12.8 Å². The molecule has 0 amide bonds. The molecule has 1 aliphatic carbocycles. The average Bonchev–Trinajstić information content (AvgIpc) is 2.76.